The monoisotopic (exact) mass is 260 g/mol. The first-order chi connectivity index (χ1) is 7.91. The molecule has 3 nitrogen and oxygen atoms in total. The minimum absolute atomic E-state index is 0.0125. The predicted octanol–water partition coefficient (Wildman–Crippen LogP) is 3.46. The van der Waals surface area contributed by atoms with E-state index in [1.54, 1.807) is 6.07 Å². The average Bonchev–Trinajstić information content (AvgIpc) is 2.22. The second-order valence-corrected chi connectivity index (χ2v) is 4.36. The first-order valence-electron chi connectivity index (χ1n) is 5.25. The van der Waals surface area contributed by atoms with Gasteiger partial charge in [0, 0.05) is 6.07 Å². The van der Waals surface area contributed by atoms with Crippen LogP contribution in [0.25, 0.3) is 0 Å². The second kappa shape index (κ2) is 5.87. The third-order valence-corrected chi connectivity index (χ3v) is 2.51. The summed E-state index contributed by atoms with van der Waals surface area (Å²) in [7, 11) is 0. The lowest BCUT2D eigenvalue weighted by molar-refractivity contribution is -0.137. The average molecular weight is 261 g/mol. The van der Waals surface area contributed by atoms with Gasteiger partial charge in [-0.05, 0) is 17.5 Å². The van der Waals surface area contributed by atoms with E-state index >= 15 is 0 Å². The zero-order chi connectivity index (χ0) is 13.0. The molecular weight excluding hydrogens is 247 g/mol. The molecule has 0 spiro atoms. The molecule has 0 saturated heterocycles. The summed E-state index contributed by atoms with van der Waals surface area (Å²) in [6.45, 7) is 3.72. The maximum absolute atomic E-state index is 13.6. The van der Waals surface area contributed by atoms with Crippen molar-refractivity contribution >= 4 is 17.6 Å². The molecule has 0 bridgehead atoms. The number of halogens is 2. The Morgan fingerprint density at radius 2 is 2.18 bits per heavy atom. The Labute approximate surface area is 104 Å². The highest BCUT2D eigenvalue weighted by Crippen LogP contribution is 2.29. The molecule has 1 aromatic rings. The molecule has 5 heteroatoms. The van der Waals surface area contributed by atoms with Gasteiger partial charge in [0.05, 0.1) is 18.1 Å². The zero-order valence-electron chi connectivity index (χ0n) is 9.67. The highest BCUT2D eigenvalue weighted by Gasteiger charge is 2.13. The van der Waals surface area contributed by atoms with Crippen molar-refractivity contribution in [3.8, 4) is 5.75 Å². The molecule has 0 aliphatic heterocycles. The molecule has 0 aromatic heterocycles. The molecule has 1 N–H and O–H groups in total. The van der Waals surface area contributed by atoms with Gasteiger partial charge < -0.3 is 9.84 Å². The third-order valence-electron chi connectivity index (χ3n) is 2.24. The van der Waals surface area contributed by atoms with Gasteiger partial charge in [0.15, 0.2) is 0 Å². The van der Waals surface area contributed by atoms with E-state index in [2.05, 4.69) is 0 Å². The SMILES string of the molecule is CC(C)c1cc(OCCC(=O)O)cc(Cl)c1F. The summed E-state index contributed by atoms with van der Waals surface area (Å²) in [6.07, 6.45) is -0.105. The quantitative estimate of drug-likeness (QED) is 0.882. The minimum Gasteiger partial charge on any atom is -0.493 e. The van der Waals surface area contributed by atoms with Crippen LogP contribution >= 0.6 is 11.6 Å². The molecule has 0 fully saturated rings. The fourth-order valence-electron chi connectivity index (χ4n) is 1.34. The number of ether oxygens (including phenoxy) is 1. The van der Waals surface area contributed by atoms with Crippen LogP contribution in [0.15, 0.2) is 12.1 Å². The maximum atomic E-state index is 13.6. The van der Waals surface area contributed by atoms with Crippen molar-refractivity contribution in [3.63, 3.8) is 0 Å². The van der Waals surface area contributed by atoms with E-state index in [4.69, 9.17) is 21.4 Å². The summed E-state index contributed by atoms with van der Waals surface area (Å²) < 4.78 is 18.8. The molecule has 0 aliphatic carbocycles. The van der Waals surface area contributed by atoms with E-state index in [1.165, 1.54) is 6.07 Å². The fraction of sp³-hybridized carbons (Fsp3) is 0.417. The molecule has 0 saturated carbocycles. The molecule has 0 radical (unpaired) electrons. The normalized spacial score (nSPS) is 10.6. The van der Waals surface area contributed by atoms with Gasteiger partial charge in [0.25, 0.3) is 0 Å². The minimum atomic E-state index is -0.942. The van der Waals surface area contributed by atoms with Gasteiger partial charge in [-0.2, -0.15) is 0 Å². The van der Waals surface area contributed by atoms with Gasteiger partial charge in [-0.15, -0.1) is 0 Å². The Bertz CT molecular complexity index is 418. The highest BCUT2D eigenvalue weighted by molar-refractivity contribution is 6.31. The fourth-order valence-corrected chi connectivity index (χ4v) is 1.56. The molecule has 0 amide bonds. The number of carboxylic acids is 1. The van der Waals surface area contributed by atoms with Crippen LogP contribution in [-0.2, 0) is 4.79 Å². The van der Waals surface area contributed by atoms with Crippen molar-refractivity contribution in [2.45, 2.75) is 26.2 Å². The standard InChI is InChI=1S/C12H14ClFO3/c1-7(2)9-5-8(6-10(13)12(9)14)17-4-3-11(15)16/h5-7H,3-4H2,1-2H3,(H,15,16). The Kier molecular flexibility index (Phi) is 4.75. The van der Waals surface area contributed by atoms with E-state index in [1.807, 2.05) is 13.8 Å². The van der Waals surface area contributed by atoms with Crippen LogP contribution in [-0.4, -0.2) is 17.7 Å². The van der Waals surface area contributed by atoms with Crippen molar-refractivity contribution in [2.24, 2.45) is 0 Å². The van der Waals surface area contributed by atoms with E-state index in [0.717, 1.165) is 0 Å². The Morgan fingerprint density at radius 1 is 1.53 bits per heavy atom. The number of benzene rings is 1. The summed E-state index contributed by atoms with van der Waals surface area (Å²) in [5, 5.41) is 8.45. The van der Waals surface area contributed by atoms with Crippen molar-refractivity contribution < 1.29 is 19.0 Å². The predicted molar refractivity (Wildman–Crippen MR) is 63.2 cm³/mol. The van der Waals surface area contributed by atoms with Crippen LogP contribution in [0.2, 0.25) is 5.02 Å². The topological polar surface area (TPSA) is 46.5 Å². The van der Waals surface area contributed by atoms with Gasteiger partial charge >= 0.3 is 5.97 Å². The van der Waals surface area contributed by atoms with Crippen molar-refractivity contribution in [1.82, 2.24) is 0 Å². The molecule has 17 heavy (non-hydrogen) atoms. The van der Waals surface area contributed by atoms with Crippen LogP contribution in [0.3, 0.4) is 0 Å². The Hall–Kier alpha value is -1.29. The zero-order valence-corrected chi connectivity index (χ0v) is 10.4. The van der Waals surface area contributed by atoms with Gasteiger partial charge in [-0.25, -0.2) is 4.39 Å². The molecular formula is C12H14ClFO3. The molecule has 0 unspecified atom stereocenters. The van der Waals surface area contributed by atoms with Crippen LogP contribution < -0.4 is 4.74 Å². The Morgan fingerprint density at radius 3 is 2.71 bits per heavy atom. The van der Waals surface area contributed by atoms with Crippen molar-refractivity contribution in [3.05, 3.63) is 28.5 Å². The lowest BCUT2D eigenvalue weighted by atomic mass is 10.0. The van der Waals surface area contributed by atoms with Crippen LogP contribution in [0, 0.1) is 5.82 Å². The highest BCUT2D eigenvalue weighted by atomic mass is 35.5. The summed E-state index contributed by atoms with van der Waals surface area (Å²) >= 11 is 5.73. The van der Waals surface area contributed by atoms with Gasteiger partial charge in [0.2, 0.25) is 0 Å². The van der Waals surface area contributed by atoms with Gasteiger partial charge in [-0.3, -0.25) is 4.79 Å². The maximum Gasteiger partial charge on any atom is 0.306 e. The molecule has 0 atom stereocenters. The van der Waals surface area contributed by atoms with Gasteiger partial charge in [-0.1, -0.05) is 25.4 Å². The van der Waals surface area contributed by atoms with E-state index in [0.29, 0.717) is 11.3 Å². The number of aliphatic carboxylic acids is 1. The summed E-state index contributed by atoms with van der Waals surface area (Å²) in [5.74, 6) is -1.02. The number of hydrogen-bond acceptors (Lipinski definition) is 2. The number of carbonyl (C=O) groups is 1. The van der Waals surface area contributed by atoms with Crippen LogP contribution in [0.4, 0.5) is 4.39 Å². The summed E-state index contributed by atoms with van der Waals surface area (Å²) in [5.41, 5.74) is 0.461. The summed E-state index contributed by atoms with van der Waals surface area (Å²) in [6, 6.07) is 2.90. The van der Waals surface area contributed by atoms with Crippen LogP contribution in [0.1, 0.15) is 31.7 Å². The van der Waals surface area contributed by atoms with Gasteiger partial charge in [0.1, 0.15) is 11.6 Å². The first kappa shape index (κ1) is 13.8. The number of hydrogen-bond donors (Lipinski definition) is 1. The lowest BCUT2D eigenvalue weighted by Crippen LogP contribution is -2.05. The number of carboxylic acid groups (broad SMARTS) is 1. The number of rotatable bonds is 5. The van der Waals surface area contributed by atoms with Crippen molar-refractivity contribution in [1.29, 1.82) is 0 Å². The van der Waals surface area contributed by atoms with E-state index in [9.17, 15) is 9.18 Å². The smallest absolute Gasteiger partial charge is 0.306 e. The van der Waals surface area contributed by atoms with Crippen molar-refractivity contribution in [2.75, 3.05) is 6.61 Å². The largest absolute Gasteiger partial charge is 0.493 e. The van der Waals surface area contributed by atoms with E-state index in [-0.39, 0.29) is 24.0 Å². The van der Waals surface area contributed by atoms with E-state index < -0.39 is 11.8 Å². The first-order valence-corrected chi connectivity index (χ1v) is 5.63. The lowest BCUT2D eigenvalue weighted by Gasteiger charge is -2.12. The van der Waals surface area contributed by atoms with Crippen LogP contribution in [0.5, 0.6) is 5.75 Å². The molecule has 1 aromatic carbocycles. The Balaban J connectivity index is 2.83. The third kappa shape index (κ3) is 3.89. The molecule has 1 rings (SSSR count). The molecule has 0 heterocycles. The molecule has 94 valence electrons. The summed E-state index contributed by atoms with van der Waals surface area (Å²) in [4.78, 5) is 10.3. The second-order valence-electron chi connectivity index (χ2n) is 3.96. The molecule has 0 aliphatic rings.